The largest absolute Gasteiger partial charge is 0.304 e. The second-order valence-electron chi connectivity index (χ2n) is 2.46. The van der Waals surface area contributed by atoms with Crippen LogP contribution >= 0.6 is 0 Å². The van der Waals surface area contributed by atoms with E-state index in [0.717, 1.165) is 0 Å². The van der Waals surface area contributed by atoms with Crippen molar-refractivity contribution < 1.29 is 0 Å². The van der Waals surface area contributed by atoms with Crippen molar-refractivity contribution in [3.63, 3.8) is 0 Å². The van der Waals surface area contributed by atoms with Gasteiger partial charge in [0.25, 0.3) is 0 Å². The summed E-state index contributed by atoms with van der Waals surface area (Å²) in [7, 11) is 0. The summed E-state index contributed by atoms with van der Waals surface area (Å²) >= 11 is 0. The van der Waals surface area contributed by atoms with E-state index in [4.69, 9.17) is 0 Å². The van der Waals surface area contributed by atoms with Gasteiger partial charge in [0, 0.05) is 18.6 Å². The summed E-state index contributed by atoms with van der Waals surface area (Å²) in [5, 5.41) is 1.97. The van der Waals surface area contributed by atoms with Crippen molar-refractivity contribution >= 4 is 6.21 Å². The summed E-state index contributed by atoms with van der Waals surface area (Å²) in [4.78, 5) is 4.26. The zero-order chi connectivity index (χ0) is 6.97. The van der Waals surface area contributed by atoms with Gasteiger partial charge in [-0.3, -0.25) is 10.0 Å². The fraction of sp³-hybridized carbons (Fsp3) is 0.286. The molecule has 10 heavy (non-hydrogen) atoms. The first-order valence-electron chi connectivity index (χ1n) is 3.29. The van der Waals surface area contributed by atoms with Gasteiger partial charge in [0.05, 0.1) is 0 Å². The number of fused-ring (bicyclic) bond motifs is 1. The van der Waals surface area contributed by atoms with Crippen molar-refractivity contribution in [1.29, 1.82) is 0 Å². The van der Waals surface area contributed by atoms with E-state index in [-0.39, 0.29) is 6.17 Å². The summed E-state index contributed by atoms with van der Waals surface area (Å²) in [5.74, 6) is 0. The predicted molar refractivity (Wildman–Crippen MR) is 40.2 cm³/mol. The van der Waals surface area contributed by atoms with Crippen LogP contribution < -0.4 is 5.43 Å². The number of nitrogens with one attached hydrogen (secondary N) is 1. The second kappa shape index (κ2) is 1.87. The van der Waals surface area contributed by atoms with Crippen LogP contribution in [-0.4, -0.2) is 17.4 Å². The molecule has 3 heteroatoms. The normalized spacial score (nSPS) is 27.9. The Morgan fingerprint density at radius 3 is 3.50 bits per heavy atom. The fourth-order valence-electron chi connectivity index (χ4n) is 1.07. The summed E-state index contributed by atoms with van der Waals surface area (Å²) in [6, 6.07) is 0. The first-order valence-corrected chi connectivity index (χ1v) is 3.29. The first kappa shape index (κ1) is 5.53. The van der Waals surface area contributed by atoms with Crippen molar-refractivity contribution in [1.82, 2.24) is 10.4 Å². The molecule has 0 aliphatic carbocycles. The maximum absolute atomic E-state index is 4.26. The van der Waals surface area contributed by atoms with E-state index >= 15 is 0 Å². The molecule has 1 atom stereocenters. The van der Waals surface area contributed by atoms with Crippen LogP contribution in [0.15, 0.2) is 29.0 Å². The average Bonchev–Trinajstić information content (AvgIpc) is 2.33. The molecule has 0 fully saturated rings. The third kappa shape index (κ3) is 0.708. The van der Waals surface area contributed by atoms with Gasteiger partial charge < -0.3 is 5.43 Å². The zero-order valence-corrected chi connectivity index (χ0v) is 5.78. The Hall–Kier alpha value is -1.25. The van der Waals surface area contributed by atoms with Crippen LogP contribution in [0.3, 0.4) is 0 Å². The first-order chi connectivity index (χ1) is 4.86. The SMILES string of the molecule is CC1=CN2NC=CC2N=C1. The Labute approximate surface area is 59.7 Å². The van der Waals surface area contributed by atoms with Crippen LogP contribution in [0.1, 0.15) is 6.92 Å². The molecule has 2 aliphatic rings. The van der Waals surface area contributed by atoms with E-state index in [1.807, 2.05) is 36.6 Å². The van der Waals surface area contributed by atoms with E-state index in [9.17, 15) is 0 Å². The molecule has 2 heterocycles. The van der Waals surface area contributed by atoms with Gasteiger partial charge in [0.2, 0.25) is 0 Å². The zero-order valence-electron chi connectivity index (χ0n) is 5.78. The predicted octanol–water partition coefficient (Wildman–Crippen LogP) is 0.635. The van der Waals surface area contributed by atoms with Gasteiger partial charge in [-0.25, -0.2) is 0 Å². The van der Waals surface area contributed by atoms with E-state index in [1.54, 1.807) is 0 Å². The minimum Gasteiger partial charge on any atom is -0.304 e. The Morgan fingerprint density at radius 1 is 1.70 bits per heavy atom. The second-order valence-corrected chi connectivity index (χ2v) is 2.46. The lowest BCUT2D eigenvalue weighted by molar-refractivity contribution is 0.294. The van der Waals surface area contributed by atoms with E-state index in [1.165, 1.54) is 5.57 Å². The summed E-state index contributed by atoms with van der Waals surface area (Å²) in [5.41, 5.74) is 4.23. The fourth-order valence-corrected chi connectivity index (χ4v) is 1.07. The highest BCUT2D eigenvalue weighted by molar-refractivity contribution is 5.78. The Morgan fingerprint density at radius 2 is 2.60 bits per heavy atom. The number of hydrogen-bond acceptors (Lipinski definition) is 3. The van der Waals surface area contributed by atoms with Gasteiger partial charge in [0.15, 0.2) is 6.17 Å². The maximum atomic E-state index is 4.26. The number of aliphatic imine (C=N–C) groups is 1. The van der Waals surface area contributed by atoms with Crippen molar-refractivity contribution in [3.8, 4) is 0 Å². The van der Waals surface area contributed by atoms with Crippen LogP contribution in [0.2, 0.25) is 0 Å². The molecule has 0 saturated carbocycles. The molecule has 0 aromatic heterocycles. The van der Waals surface area contributed by atoms with E-state index in [0.29, 0.717) is 0 Å². The molecule has 0 saturated heterocycles. The number of allylic oxidation sites excluding steroid dienone is 1. The lowest BCUT2D eigenvalue weighted by atomic mass is 10.3. The van der Waals surface area contributed by atoms with Crippen molar-refractivity contribution in [2.24, 2.45) is 4.99 Å². The molecular weight excluding hydrogens is 126 g/mol. The summed E-state index contributed by atoms with van der Waals surface area (Å²) in [6.45, 7) is 2.03. The lowest BCUT2D eigenvalue weighted by Crippen LogP contribution is -2.33. The van der Waals surface area contributed by atoms with Crippen molar-refractivity contribution in [2.45, 2.75) is 13.1 Å². The number of hydrazine groups is 1. The van der Waals surface area contributed by atoms with Crippen molar-refractivity contribution in [2.75, 3.05) is 0 Å². The van der Waals surface area contributed by atoms with Gasteiger partial charge >= 0.3 is 0 Å². The highest BCUT2D eigenvalue weighted by atomic mass is 15.6. The van der Waals surface area contributed by atoms with Gasteiger partial charge in [0.1, 0.15) is 0 Å². The number of hydrogen-bond donors (Lipinski definition) is 1. The summed E-state index contributed by atoms with van der Waals surface area (Å²) < 4.78 is 0. The third-order valence-electron chi connectivity index (χ3n) is 1.55. The lowest BCUT2D eigenvalue weighted by Gasteiger charge is -2.22. The molecule has 2 rings (SSSR count). The van der Waals surface area contributed by atoms with Crippen molar-refractivity contribution in [3.05, 3.63) is 24.0 Å². The van der Waals surface area contributed by atoms with E-state index in [2.05, 4.69) is 10.4 Å². The smallest absolute Gasteiger partial charge is 0.159 e. The Kier molecular flexibility index (Phi) is 1.03. The monoisotopic (exact) mass is 135 g/mol. The topological polar surface area (TPSA) is 27.6 Å². The van der Waals surface area contributed by atoms with Crippen LogP contribution in [0.4, 0.5) is 0 Å². The van der Waals surface area contributed by atoms with Crippen LogP contribution in [0.25, 0.3) is 0 Å². The van der Waals surface area contributed by atoms with Crippen LogP contribution in [0, 0.1) is 0 Å². The Bertz CT molecular complexity index is 227. The maximum Gasteiger partial charge on any atom is 0.159 e. The molecule has 3 nitrogen and oxygen atoms in total. The molecule has 1 N–H and O–H groups in total. The molecule has 0 bridgehead atoms. The van der Waals surface area contributed by atoms with Crippen LogP contribution in [0.5, 0.6) is 0 Å². The van der Waals surface area contributed by atoms with Gasteiger partial charge in [-0.05, 0) is 18.6 Å². The average molecular weight is 135 g/mol. The molecule has 0 amide bonds. The molecule has 0 spiro atoms. The number of rotatable bonds is 0. The molecule has 52 valence electrons. The van der Waals surface area contributed by atoms with Crippen LogP contribution in [-0.2, 0) is 0 Å². The summed E-state index contributed by atoms with van der Waals surface area (Å²) in [6.07, 6.45) is 8.02. The Balaban J connectivity index is 2.25. The molecule has 1 unspecified atom stereocenters. The third-order valence-corrected chi connectivity index (χ3v) is 1.55. The standard InChI is InChI=1S/C7H9N3/c1-6-4-8-7-2-3-9-10(7)5-6/h2-5,7,9H,1H3. The van der Waals surface area contributed by atoms with Gasteiger partial charge in [-0.1, -0.05) is 0 Å². The minimum atomic E-state index is 0.184. The highest BCUT2D eigenvalue weighted by Crippen LogP contribution is 2.12. The molecule has 2 aliphatic heterocycles. The van der Waals surface area contributed by atoms with Gasteiger partial charge in [-0.15, -0.1) is 0 Å². The number of nitrogens with zero attached hydrogens (tertiary/aromatic N) is 2. The van der Waals surface area contributed by atoms with Gasteiger partial charge in [-0.2, -0.15) is 0 Å². The molecule has 0 aromatic carbocycles. The minimum absolute atomic E-state index is 0.184. The quantitative estimate of drug-likeness (QED) is 0.527. The highest BCUT2D eigenvalue weighted by Gasteiger charge is 2.16. The molecular formula is C7H9N3. The van der Waals surface area contributed by atoms with E-state index < -0.39 is 0 Å². The molecule has 0 aromatic rings. The molecule has 0 radical (unpaired) electrons.